The van der Waals surface area contributed by atoms with Gasteiger partial charge in [0.25, 0.3) is 0 Å². The van der Waals surface area contributed by atoms with Crippen molar-refractivity contribution < 1.29 is 9.47 Å². The molecule has 0 amide bonds. The minimum atomic E-state index is 0.278. The standard InChI is InChI=1S/C40H36BrNO2/c41-33-16-22-39-32(24-33)25-34(42-39)12-7-23-43-35-17-13-30(14-18-35)40-37(29-10-5-2-6-11-29)20-15-31-26-36(19-21-38(31)40)44-27-28-8-3-1-4-9-28/h1-6,8-11,13-14,16-19,21-22,24-26,37,40,42H,7,12,15,20,23,27H2. The van der Waals surface area contributed by atoms with E-state index in [2.05, 4.69) is 142 Å². The van der Waals surface area contributed by atoms with E-state index in [0.717, 1.165) is 41.7 Å². The van der Waals surface area contributed by atoms with Crippen LogP contribution < -0.4 is 9.47 Å². The first-order valence-electron chi connectivity index (χ1n) is 15.5. The number of halogens is 1. The van der Waals surface area contributed by atoms with Gasteiger partial charge in [-0.15, -0.1) is 0 Å². The zero-order valence-corrected chi connectivity index (χ0v) is 26.3. The van der Waals surface area contributed by atoms with Gasteiger partial charge < -0.3 is 14.5 Å². The normalized spacial score (nSPS) is 16.0. The number of benzene rings is 5. The first kappa shape index (κ1) is 28.5. The maximum absolute atomic E-state index is 6.20. The molecule has 0 saturated heterocycles. The second kappa shape index (κ2) is 13.2. The Balaban J connectivity index is 1.05. The number of H-pyrrole nitrogens is 1. The number of ether oxygens (including phenoxy) is 2. The highest BCUT2D eigenvalue weighted by Crippen LogP contribution is 2.47. The Morgan fingerprint density at radius 2 is 1.48 bits per heavy atom. The van der Waals surface area contributed by atoms with Crippen LogP contribution in [0.5, 0.6) is 11.5 Å². The molecule has 1 aromatic heterocycles. The first-order chi connectivity index (χ1) is 21.7. The lowest BCUT2D eigenvalue weighted by atomic mass is 9.69. The van der Waals surface area contributed by atoms with E-state index < -0.39 is 0 Å². The van der Waals surface area contributed by atoms with Gasteiger partial charge in [-0.05, 0) is 108 Å². The average molecular weight is 643 g/mol. The SMILES string of the molecule is Brc1ccc2[nH]c(CCCOc3ccc(C4c5ccc(OCc6ccccc6)cc5CCC4c4ccccc4)cc3)cc2c1. The van der Waals surface area contributed by atoms with Crippen molar-refractivity contribution in [2.75, 3.05) is 6.61 Å². The molecule has 2 atom stereocenters. The minimum absolute atomic E-state index is 0.278. The van der Waals surface area contributed by atoms with Gasteiger partial charge in [-0.2, -0.15) is 0 Å². The molecule has 1 aliphatic rings. The van der Waals surface area contributed by atoms with Crippen molar-refractivity contribution in [3.8, 4) is 11.5 Å². The lowest BCUT2D eigenvalue weighted by Gasteiger charge is -2.35. The second-order valence-electron chi connectivity index (χ2n) is 11.7. The van der Waals surface area contributed by atoms with E-state index in [0.29, 0.717) is 19.1 Å². The molecule has 6 aromatic rings. The number of aryl methyl sites for hydroxylation is 2. The number of aromatic nitrogens is 1. The number of nitrogens with one attached hydrogen (secondary N) is 1. The highest BCUT2D eigenvalue weighted by Gasteiger charge is 2.32. The van der Waals surface area contributed by atoms with E-state index in [1.807, 2.05) is 6.07 Å². The van der Waals surface area contributed by atoms with Crippen LogP contribution in [0.25, 0.3) is 10.9 Å². The van der Waals surface area contributed by atoms with Gasteiger partial charge in [0.05, 0.1) is 6.61 Å². The fourth-order valence-corrected chi connectivity index (χ4v) is 7.00. The average Bonchev–Trinajstić information content (AvgIpc) is 3.48. The van der Waals surface area contributed by atoms with Gasteiger partial charge in [-0.1, -0.05) is 94.8 Å². The lowest BCUT2D eigenvalue weighted by molar-refractivity contribution is 0.305. The van der Waals surface area contributed by atoms with Gasteiger partial charge in [-0.25, -0.2) is 0 Å². The van der Waals surface area contributed by atoms with Crippen LogP contribution in [0.4, 0.5) is 0 Å². The highest BCUT2D eigenvalue weighted by atomic mass is 79.9. The van der Waals surface area contributed by atoms with Gasteiger partial charge in [0.1, 0.15) is 18.1 Å². The Labute approximate surface area is 268 Å². The van der Waals surface area contributed by atoms with Crippen LogP contribution in [-0.2, 0) is 19.4 Å². The van der Waals surface area contributed by atoms with E-state index in [-0.39, 0.29) is 5.92 Å². The van der Waals surface area contributed by atoms with Crippen LogP contribution in [0.15, 0.2) is 132 Å². The van der Waals surface area contributed by atoms with Gasteiger partial charge in [0, 0.05) is 27.0 Å². The lowest BCUT2D eigenvalue weighted by Crippen LogP contribution is -2.20. The molecule has 0 fully saturated rings. The summed E-state index contributed by atoms with van der Waals surface area (Å²) >= 11 is 3.56. The quantitative estimate of drug-likeness (QED) is 0.151. The van der Waals surface area contributed by atoms with Gasteiger partial charge in [0.15, 0.2) is 0 Å². The van der Waals surface area contributed by atoms with E-state index in [9.17, 15) is 0 Å². The Hall–Kier alpha value is -4.28. The third kappa shape index (κ3) is 6.46. The van der Waals surface area contributed by atoms with Gasteiger partial charge in [-0.3, -0.25) is 0 Å². The van der Waals surface area contributed by atoms with Crippen molar-refractivity contribution in [1.29, 1.82) is 0 Å². The Morgan fingerprint density at radius 3 is 2.30 bits per heavy atom. The molecule has 0 bridgehead atoms. The number of rotatable bonds is 10. The molecule has 3 nitrogen and oxygen atoms in total. The van der Waals surface area contributed by atoms with Crippen LogP contribution in [0.3, 0.4) is 0 Å². The predicted octanol–water partition coefficient (Wildman–Crippen LogP) is 10.4. The number of hydrogen-bond acceptors (Lipinski definition) is 2. The highest BCUT2D eigenvalue weighted by molar-refractivity contribution is 9.10. The summed E-state index contributed by atoms with van der Waals surface area (Å²) in [4.78, 5) is 3.52. The van der Waals surface area contributed by atoms with Crippen LogP contribution in [0, 0.1) is 0 Å². The Morgan fingerprint density at radius 1 is 0.705 bits per heavy atom. The summed E-state index contributed by atoms with van der Waals surface area (Å²) in [6.07, 6.45) is 4.06. The first-order valence-corrected chi connectivity index (χ1v) is 16.3. The molecule has 0 aliphatic heterocycles. The van der Waals surface area contributed by atoms with Crippen molar-refractivity contribution in [3.05, 3.63) is 165 Å². The van der Waals surface area contributed by atoms with E-state index in [4.69, 9.17) is 9.47 Å². The second-order valence-corrected chi connectivity index (χ2v) is 12.6. The van der Waals surface area contributed by atoms with Crippen LogP contribution in [-0.4, -0.2) is 11.6 Å². The number of fused-ring (bicyclic) bond motifs is 2. The Kier molecular flexibility index (Phi) is 8.52. The monoisotopic (exact) mass is 641 g/mol. The molecule has 4 heteroatoms. The third-order valence-electron chi connectivity index (χ3n) is 8.79. The van der Waals surface area contributed by atoms with Crippen molar-refractivity contribution in [1.82, 2.24) is 4.98 Å². The fraction of sp³-hybridized carbons (Fsp3) is 0.200. The van der Waals surface area contributed by atoms with Crippen LogP contribution >= 0.6 is 15.9 Å². The number of hydrogen-bond donors (Lipinski definition) is 1. The summed E-state index contributed by atoms with van der Waals surface area (Å²) in [5.41, 5.74) is 9.11. The van der Waals surface area contributed by atoms with E-state index >= 15 is 0 Å². The molecular formula is C40H36BrNO2. The topological polar surface area (TPSA) is 34.2 Å². The maximum atomic E-state index is 6.20. The third-order valence-corrected chi connectivity index (χ3v) is 9.28. The summed E-state index contributed by atoms with van der Waals surface area (Å²) in [5, 5.41) is 1.24. The van der Waals surface area contributed by atoms with Crippen LogP contribution in [0.1, 0.15) is 58.2 Å². The summed E-state index contributed by atoms with van der Waals surface area (Å²) in [6, 6.07) is 45.4. The molecular weight excluding hydrogens is 606 g/mol. The fourth-order valence-electron chi connectivity index (χ4n) is 6.62. The molecule has 220 valence electrons. The molecule has 0 radical (unpaired) electrons. The summed E-state index contributed by atoms with van der Waals surface area (Å²) in [7, 11) is 0. The van der Waals surface area contributed by atoms with Gasteiger partial charge >= 0.3 is 0 Å². The number of aromatic amines is 1. The maximum Gasteiger partial charge on any atom is 0.120 e. The van der Waals surface area contributed by atoms with E-state index in [1.54, 1.807) is 0 Å². The molecule has 1 heterocycles. The van der Waals surface area contributed by atoms with Crippen LogP contribution in [0.2, 0.25) is 0 Å². The predicted molar refractivity (Wildman–Crippen MR) is 183 cm³/mol. The molecule has 44 heavy (non-hydrogen) atoms. The summed E-state index contributed by atoms with van der Waals surface area (Å²) < 4.78 is 13.5. The molecule has 0 saturated carbocycles. The molecule has 1 N–H and O–H groups in total. The molecule has 2 unspecified atom stereocenters. The van der Waals surface area contributed by atoms with Crippen molar-refractivity contribution in [2.45, 2.75) is 44.1 Å². The zero-order valence-electron chi connectivity index (χ0n) is 24.7. The molecule has 5 aromatic carbocycles. The van der Waals surface area contributed by atoms with Gasteiger partial charge in [0.2, 0.25) is 0 Å². The van der Waals surface area contributed by atoms with Crippen molar-refractivity contribution >= 4 is 26.8 Å². The minimum Gasteiger partial charge on any atom is -0.494 e. The molecule has 0 spiro atoms. The van der Waals surface area contributed by atoms with E-state index in [1.165, 1.54) is 44.4 Å². The van der Waals surface area contributed by atoms with Crippen molar-refractivity contribution in [2.24, 2.45) is 0 Å². The largest absolute Gasteiger partial charge is 0.494 e. The smallest absolute Gasteiger partial charge is 0.120 e. The zero-order chi connectivity index (χ0) is 29.7. The molecule has 1 aliphatic carbocycles. The molecule has 7 rings (SSSR count). The summed E-state index contributed by atoms with van der Waals surface area (Å²) in [6.45, 7) is 1.26. The Bertz CT molecular complexity index is 1830. The summed E-state index contributed by atoms with van der Waals surface area (Å²) in [5.74, 6) is 2.56. The van der Waals surface area contributed by atoms with Crippen molar-refractivity contribution in [3.63, 3.8) is 0 Å².